The zero-order chi connectivity index (χ0) is 29.5. The number of non-ortho nitro benzene ring substituents is 1. The van der Waals surface area contributed by atoms with Gasteiger partial charge in [0.25, 0.3) is 5.69 Å². The average Bonchev–Trinajstić information content (AvgIpc) is 3.71. The summed E-state index contributed by atoms with van der Waals surface area (Å²) in [4.78, 5) is 43.2. The molecular weight excluding hydrogens is 532 g/mol. The van der Waals surface area contributed by atoms with Gasteiger partial charge in [0.05, 0.1) is 4.92 Å². The average molecular weight is 575 g/mol. The van der Waals surface area contributed by atoms with Gasteiger partial charge in [0.15, 0.2) is 0 Å². The Labute approximate surface area is 248 Å². The summed E-state index contributed by atoms with van der Waals surface area (Å²) >= 11 is 0. The van der Waals surface area contributed by atoms with Gasteiger partial charge in [0.1, 0.15) is 6.61 Å². The zero-order valence-corrected chi connectivity index (χ0v) is 24.3. The van der Waals surface area contributed by atoms with Crippen molar-refractivity contribution in [2.24, 2.45) is 11.8 Å². The lowest BCUT2D eigenvalue weighted by molar-refractivity contribution is -0.384. The van der Waals surface area contributed by atoms with E-state index in [2.05, 4.69) is 40.6 Å². The molecule has 2 aliphatic heterocycles. The van der Waals surface area contributed by atoms with Crippen molar-refractivity contribution in [1.82, 2.24) is 14.7 Å². The predicted octanol–water partition coefficient (Wildman–Crippen LogP) is 5.62. The molecule has 2 amide bonds. The summed E-state index contributed by atoms with van der Waals surface area (Å²) in [5.41, 5.74) is 2.02. The summed E-state index contributed by atoms with van der Waals surface area (Å²) in [5, 5.41) is 10.9. The van der Waals surface area contributed by atoms with Gasteiger partial charge in [-0.05, 0) is 54.9 Å². The maximum absolute atomic E-state index is 13.3. The minimum atomic E-state index is -0.450. The Hall–Kier alpha value is -3.72. The zero-order valence-electron chi connectivity index (χ0n) is 24.3. The van der Waals surface area contributed by atoms with Crippen LogP contribution in [0.4, 0.5) is 10.5 Å². The van der Waals surface area contributed by atoms with Gasteiger partial charge in [-0.25, -0.2) is 4.79 Å². The summed E-state index contributed by atoms with van der Waals surface area (Å²) < 4.78 is 5.59. The Morgan fingerprint density at radius 1 is 1.00 bits per heavy atom. The molecular formula is C33H42N4O5. The number of hydrogen-bond acceptors (Lipinski definition) is 6. The van der Waals surface area contributed by atoms with E-state index in [0.717, 1.165) is 71.2 Å². The first-order valence-corrected chi connectivity index (χ1v) is 15.3. The smallest absolute Gasteiger partial charge is 0.410 e. The van der Waals surface area contributed by atoms with E-state index < -0.39 is 11.0 Å². The first-order chi connectivity index (χ1) is 20.4. The SMILES string of the molecule is C=CCN(C(=O)OCc1ccc([N+](=O)[O-])cc1)C1CCN(C[C@H]2CN(C(=O)C3CCCC3)C[C@@H]2c2ccccc2)CC1. The van der Waals surface area contributed by atoms with E-state index in [4.69, 9.17) is 4.74 Å². The molecule has 0 spiro atoms. The van der Waals surface area contributed by atoms with E-state index in [1.807, 2.05) is 6.07 Å². The first-order valence-electron chi connectivity index (χ1n) is 15.3. The molecule has 9 nitrogen and oxygen atoms in total. The second-order valence-electron chi connectivity index (χ2n) is 12.0. The lowest BCUT2D eigenvalue weighted by Gasteiger charge is -2.39. The fourth-order valence-electron chi connectivity index (χ4n) is 6.94. The van der Waals surface area contributed by atoms with Crippen molar-refractivity contribution in [2.75, 3.05) is 39.3 Å². The Bertz CT molecular complexity index is 1220. The highest BCUT2D eigenvalue weighted by Gasteiger charge is 2.40. The molecule has 2 aromatic carbocycles. The third kappa shape index (κ3) is 7.18. The van der Waals surface area contributed by atoms with Crippen molar-refractivity contribution in [1.29, 1.82) is 0 Å². The summed E-state index contributed by atoms with van der Waals surface area (Å²) in [5.74, 6) is 1.26. The molecule has 9 heteroatoms. The topological polar surface area (TPSA) is 96.2 Å². The summed E-state index contributed by atoms with van der Waals surface area (Å²) in [7, 11) is 0. The largest absolute Gasteiger partial charge is 0.445 e. The molecule has 2 heterocycles. The molecule has 224 valence electrons. The van der Waals surface area contributed by atoms with E-state index in [-0.39, 0.29) is 24.3 Å². The Balaban J connectivity index is 1.16. The molecule has 2 atom stereocenters. The van der Waals surface area contributed by atoms with Gasteiger partial charge in [0, 0.05) is 69.3 Å². The van der Waals surface area contributed by atoms with Crippen LogP contribution in [-0.4, -0.2) is 76.9 Å². The van der Waals surface area contributed by atoms with Gasteiger partial charge >= 0.3 is 6.09 Å². The lowest BCUT2D eigenvalue weighted by Crippen LogP contribution is -2.48. The maximum atomic E-state index is 13.3. The van der Waals surface area contributed by atoms with Crippen molar-refractivity contribution in [3.63, 3.8) is 0 Å². The molecule has 5 rings (SSSR count). The standard InChI is InChI=1S/C33H42N4O5/c1-2-18-36(33(39)42-24-25-12-14-30(15-13-25)37(40)41)29-16-19-34(20-17-29)21-28-22-35(32(38)27-10-6-7-11-27)23-31(28)26-8-4-3-5-9-26/h2-5,8-9,12-15,27-29,31H,1,6-7,10-11,16-24H2/t28-,31+/m0/s1. The predicted molar refractivity (Wildman–Crippen MR) is 161 cm³/mol. The van der Waals surface area contributed by atoms with E-state index in [9.17, 15) is 19.7 Å². The second-order valence-corrected chi connectivity index (χ2v) is 12.0. The molecule has 1 aliphatic carbocycles. The lowest BCUT2D eigenvalue weighted by atomic mass is 9.88. The number of amides is 2. The van der Waals surface area contributed by atoms with Gasteiger partial charge in [-0.1, -0.05) is 49.2 Å². The molecule has 0 bridgehead atoms. The van der Waals surface area contributed by atoms with Gasteiger partial charge in [-0.3, -0.25) is 14.9 Å². The molecule has 0 N–H and O–H groups in total. The molecule has 3 fully saturated rings. The second kappa shape index (κ2) is 14.0. The van der Waals surface area contributed by atoms with Crippen LogP contribution in [0.3, 0.4) is 0 Å². The highest BCUT2D eigenvalue weighted by molar-refractivity contribution is 5.79. The van der Waals surface area contributed by atoms with Gasteiger partial charge < -0.3 is 19.4 Å². The summed E-state index contributed by atoms with van der Waals surface area (Å²) in [6.45, 7) is 8.60. The normalized spacial score (nSPS) is 21.8. The number of carbonyl (C=O) groups is 2. The van der Waals surface area contributed by atoms with Crippen LogP contribution in [0, 0.1) is 22.0 Å². The quantitative estimate of drug-likeness (QED) is 0.208. The first kappa shape index (κ1) is 29.8. The third-order valence-corrected chi connectivity index (χ3v) is 9.25. The molecule has 42 heavy (non-hydrogen) atoms. The number of piperidine rings is 1. The summed E-state index contributed by atoms with van der Waals surface area (Å²) in [6.07, 6.45) is 7.39. The molecule has 2 aromatic rings. The van der Waals surface area contributed by atoms with E-state index in [1.54, 1.807) is 23.1 Å². The molecule has 0 radical (unpaired) electrons. The van der Waals surface area contributed by atoms with Crippen molar-refractivity contribution < 1.29 is 19.2 Å². The van der Waals surface area contributed by atoms with Crippen LogP contribution >= 0.6 is 0 Å². The number of nitrogens with zero attached hydrogens (tertiary/aromatic N) is 4. The van der Waals surface area contributed by atoms with Gasteiger partial charge in [-0.15, -0.1) is 6.58 Å². The number of rotatable bonds is 10. The van der Waals surface area contributed by atoms with Crippen molar-refractivity contribution in [3.8, 4) is 0 Å². The van der Waals surface area contributed by atoms with Gasteiger partial charge in [0.2, 0.25) is 5.91 Å². The highest BCUT2D eigenvalue weighted by atomic mass is 16.6. The minimum Gasteiger partial charge on any atom is -0.445 e. The van der Waals surface area contributed by atoms with E-state index in [1.165, 1.54) is 17.7 Å². The number of nitro benzene ring substituents is 1. The van der Waals surface area contributed by atoms with E-state index >= 15 is 0 Å². The van der Waals surface area contributed by atoms with Gasteiger partial charge in [-0.2, -0.15) is 0 Å². The molecule has 3 aliphatic rings. The van der Waals surface area contributed by atoms with Crippen molar-refractivity contribution >= 4 is 17.7 Å². The Kier molecular flexibility index (Phi) is 9.89. The monoisotopic (exact) mass is 574 g/mol. The Morgan fingerprint density at radius 2 is 1.69 bits per heavy atom. The number of nitro groups is 1. The van der Waals surface area contributed by atoms with Crippen LogP contribution in [0.2, 0.25) is 0 Å². The molecule has 1 saturated carbocycles. The number of hydrogen-bond donors (Lipinski definition) is 0. The number of likely N-dealkylation sites (tertiary alicyclic amines) is 2. The van der Waals surface area contributed by atoms with Crippen LogP contribution in [-0.2, 0) is 16.1 Å². The Morgan fingerprint density at radius 3 is 2.33 bits per heavy atom. The molecule has 0 unspecified atom stereocenters. The van der Waals surface area contributed by atoms with Crippen LogP contribution in [0.15, 0.2) is 67.3 Å². The fraction of sp³-hybridized carbons (Fsp3) is 0.515. The number of benzene rings is 2. The summed E-state index contributed by atoms with van der Waals surface area (Å²) in [6, 6.07) is 16.7. The molecule has 0 aromatic heterocycles. The van der Waals surface area contributed by atoms with Crippen molar-refractivity contribution in [3.05, 3.63) is 88.5 Å². The maximum Gasteiger partial charge on any atom is 0.410 e. The van der Waals surface area contributed by atoms with Crippen LogP contribution in [0.1, 0.15) is 55.6 Å². The molecule has 2 saturated heterocycles. The number of carbonyl (C=O) groups excluding carboxylic acids is 2. The highest BCUT2D eigenvalue weighted by Crippen LogP contribution is 2.36. The minimum absolute atomic E-state index is 0.00549. The van der Waals surface area contributed by atoms with Crippen LogP contribution in [0.25, 0.3) is 0 Å². The third-order valence-electron chi connectivity index (χ3n) is 9.25. The number of ether oxygens (including phenoxy) is 1. The van der Waals surface area contributed by atoms with Crippen LogP contribution < -0.4 is 0 Å². The van der Waals surface area contributed by atoms with Crippen LogP contribution in [0.5, 0.6) is 0 Å². The van der Waals surface area contributed by atoms with Crippen molar-refractivity contribution in [2.45, 2.75) is 57.1 Å². The fourth-order valence-corrected chi connectivity index (χ4v) is 6.94. The van der Waals surface area contributed by atoms with E-state index in [0.29, 0.717) is 29.9 Å².